The number of benzene rings is 1. The summed E-state index contributed by atoms with van der Waals surface area (Å²) in [5.41, 5.74) is 3.63. The summed E-state index contributed by atoms with van der Waals surface area (Å²) < 4.78 is 4.35. The highest BCUT2D eigenvalue weighted by atomic mass is 127. The van der Waals surface area contributed by atoms with E-state index in [2.05, 4.69) is 73.2 Å². The third-order valence-corrected chi connectivity index (χ3v) is 4.67. The van der Waals surface area contributed by atoms with Crippen molar-refractivity contribution in [3.8, 4) is 0 Å². The van der Waals surface area contributed by atoms with Gasteiger partial charge in [0, 0.05) is 33.2 Å². The lowest BCUT2D eigenvalue weighted by atomic mass is 10.0. The van der Waals surface area contributed by atoms with E-state index in [9.17, 15) is 0 Å². The zero-order valence-corrected chi connectivity index (χ0v) is 15.0. The molecule has 1 unspecified atom stereocenters. The zero-order chi connectivity index (χ0) is 14.0. The molecule has 102 valence electrons. The van der Waals surface area contributed by atoms with Crippen LogP contribution in [-0.2, 0) is 13.5 Å². The number of nitrogens with one attached hydrogen (secondary N) is 1. The lowest BCUT2D eigenvalue weighted by Crippen LogP contribution is -2.21. The van der Waals surface area contributed by atoms with Crippen molar-refractivity contribution in [3.63, 3.8) is 0 Å². The van der Waals surface area contributed by atoms with Gasteiger partial charge in [-0.2, -0.15) is 5.10 Å². The number of hydrogen-bond donors (Lipinski definition) is 1. The molecule has 0 fully saturated rings. The lowest BCUT2D eigenvalue weighted by molar-refractivity contribution is 0.559. The Balaban J connectivity index is 2.30. The van der Waals surface area contributed by atoms with E-state index in [1.165, 1.54) is 14.8 Å². The summed E-state index contributed by atoms with van der Waals surface area (Å²) in [4.78, 5) is 0. The van der Waals surface area contributed by atoms with Crippen LogP contribution in [0.3, 0.4) is 0 Å². The third-order valence-electron chi connectivity index (χ3n) is 3.19. The second kappa shape index (κ2) is 6.37. The molecule has 0 bridgehead atoms. The largest absolute Gasteiger partial charge is 0.313 e. The zero-order valence-electron chi connectivity index (χ0n) is 11.2. The number of aromatic nitrogens is 2. The Bertz CT molecular complexity index is 580. The van der Waals surface area contributed by atoms with Gasteiger partial charge in [0.05, 0.1) is 5.69 Å². The van der Waals surface area contributed by atoms with Crippen molar-refractivity contribution in [2.45, 2.75) is 19.4 Å². The minimum Gasteiger partial charge on any atom is -0.313 e. The predicted octanol–water partition coefficient (Wildman–Crippen LogP) is 3.60. The van der Waals surface area contributed by atoms with E-state index in [0.29, 0.717) is 6.04 Å². The van der Waals surface area contributed by atoms with E-state index < -0.39 is 0 Å². The molecular weight excluding hydrogens is 417 g/mol. The molecule has 0 radical (unpaired) electrons. The van der Waals surface area contributed by atoms with Crippen molar-refractivity contribution in [1.82, 2.24) is 15.1 Å². The van der Waals surface area contributed by atoms with Gasteiger partial charge >= 0.3 is 0 Å². The monoisotopic (exact) mass is 433 g/mol. The molecule has 0 spiro atoms. The van der Waals surface area contributed by atoms with Crippen molar-refractivity contribution in [1.29, 1.82) is 0 Å². The molecule has 0 saturated heterocycles. The van der Waals surface area contributed by atoms with Crippen molar-refractivity contribution >= 4 is 38.5 Å². The van der Waals surface area contributed by atoms with Gasteiger partial charge in [0.1, 0.15) is 0 Å². The van der Waals surface area contributed by atoms with Crippen LogP contribution in [0, 0.1) is 10.5 Å². The predicted molar refractivity (Wildman–Crippen MR) is 90.3 cm³/mol. The third kappa shape index (κ3) is 3.58. The minimum atomic E-state index is 0.291. The van der Waals surface area contributed by atoms with Gasteiger partial charge in [0.15, 0.2) is 0 Å². The number of hydrogen-bond acceptors (Lipinski definition) is 2. The van der Waals surface area contributed by atoms with E-state index >= 15 is 0 Å². The second-order valence-corrected chi connectivity index (χ2v) is 6.69. The number of nitrogens with zero attached hydrogens (tertiary/aromatic N) is 2. The first kappa shape index (κ1) is 15.0. The molecule has 1 atom stereocenters. The van der Waals surface area contributed by atoms with Crippen LogP contribution < -0.4 is 5.32 Å². The second-order valence-electron chi connectivity index (χ2n) is 4.61. The molecule has 0 amide bonds. The fraction of sp³-hybridized carbons (Fsp3) is 0.357. The Morgan fingerprint density at radius 1 is 1.42 bits per heavy atom. The van der Waals surface area contributed by atoms with Crippen LogP contribution in [0.1, 0.15) is 23.0 Å². The van der Waals surface area contributed by atoms with Gasteiger partial charge in [-0.3, -0.25) is 4.68 Å². The molecule has 1 aromatic carbocycles. The molecule has 0 aliphatic carbocycles. The van der Waals surface area contributed by atoms with E-state index in [0.717, 1.165) is 16.6 Å². The van der Waals surface area contributed by atoms with Gasteiger partial charge in [-0.15, -0.1) is 0 Å². The van der Waals surface area contributed by atoms with Gasteiger partial charge in [-0.05, 0) is 66.4 Å². The summed E-state index contributed by atoms with van der Waals surface area (Å²) in [7, 11) is 4.01. The number of likely N-dealkylation sites (N-methyl/N-ethyl adjacent to an activating group) is 1. The van der Waals surface area contributed by atoms with E-state index in [-0.39, 0.29) is 0 Å². The lowest BCUT2D eigenvalue weighted by Gasteiger charge is -2.18. The molecule has 0 aliphatic rings. The summed E-state index contributed by atoms with van der Waals surface area (Å²) in [5.74, 6) is 0. The highest BCUT2D eigenvalue weighted by Crippen LogP contribution is 2.26. The maximum Gasteiger partial charge on any atom is 0.0596 e. The first-order valence-electron chi connectivity index (χ1n) is 6.13. The highest BCUT2D eigenvalue weighted by molar-refractivity contribution is 14.1. The topological polar surface area (TPSA) is 29.9 Å². The molecule has 19 heavy (non-hydrogen) atoms. The Kier molecular flexibility index (Phi) is 5.03. The van der Waals surface area contributed by atoms with Gasteiger partial charge in [0.2, 0.25) is 0 Å². The standard InChI is InChI=1S/C14H17BrIN3/c1-9-6-11(19(3)18-9)8-14(17-2)12-7-10(15)4-5-13(12)16/h4-7,14,17H,8H2,1-3H3. The van der Waals surface area contributed by atoms with Crippen molar-refractivity contribution in [2.75, 3.05) is 7.05 Å². The maximum absolute atomic E-state index is 4.41. The summed E-state index contributed by atoms with van der Waals surface area (Å²) in [5, 5.41) is 7.81. The van der Waals surface area contributed by atoms with E-state index in [1.54, 1.807) is 0 Å². The Morgan fingerprint density at radius 3 is 2.74 bits per heavy atom. The fourth-order valence-electron chi connectivity index (χ4n) is 2.21. The first-order valence-corrected chi connectivity index (χ1v) is 8.00. The molecule has 2 rings (SSSR count). The average molecular weight is 434 g/mol. The molecule has 0 saturated carbocycles. The molecular formula is C14H17BrIN3. The SMILES string of the molecule is CNC(Cc1cc(C)nn1C)c1cc(Br)ccc1I. The maximum atomic E-state index is 4.41. The van der Waals surface area contributed by atoms with Crippen LogP contribution >= 0.6 is 38.5 Å². The Morgan fingerprint density at radius 2 is 2.16 bits per heavy atom. The molecule has 1 heterocycles. The first-order chi connectivity index (χ1) is 9.01. The van der Waals surface area contributed by atoms with E-state index in [4.69, 9.17) is 0 Å². The number of aryl methyl sites for hydroxylation is 2. The minimum absolute atomic E-state index is 0.291. The van der Waals surface area contributed by atoms with Gasteiger partial charge in [-0.1, -0.05) is 15.9 Å². The smallest absolute Gasteiger partial charge is 0.0596 e. The molecule has 1 aromatic heterocycles. The van der Waals surface area contributed by atoms with Crippen LogP contribution in [0.15, 0.2) is 28.7 Å². The Labute approximate surface area is 136 Å². The van der Waals surface area contributed by atoms with E-state index in [1.807, 2.05) is 25.7 Å². The van der Waals surface area contributed by atoms with Crippen LogP contribution in [0.2, 0.25) is 0 Å². The summed E-state index contributed by atoms with van der Waals surface area (Å²) in [6.45, 7) is 2.03. The van der Waals surface area contributed by atoms with Crippen LogP contribution in [0.25, 0.3) is 0 Å². The molecule has 1 N–H and O–H groups in total. The van der Waals surface area contributed by atoms with Gasteiger partial charge < -0.3 is 5.32 Å². The van der Waals surface area contributed by atoms with Crippen LogP contribution in [0.4, 0.5) is 0 Å². The molecule has 2 aromatic rings. The summed E-state index contributed by atoms with van der Waals surface area (Å²) in [6.07, 6.45) is 0.931. The molecule has 5 heteroatoms. The van der Waals surface area contributed by atoms with Crippen molar-refractivity contribution in [2.24, 2.45) is 7.05 Å². The quantitative estimate of drug-likeness (QED) is 0.746. The highest BCUT2D eigenvalue weighted by Gasteiger charge is 2.16. The fourth-order valence-corrected chi connectivity index (χ4v) is 3.30. The number of halogens is 2. The Hall–Kier alpha value is -0.400. The summed E-state index contributed by atoms with van der Waals surface area (Å²) in [6, 6.07) is 8.84. The summed E-state index contributed by atoms with van der Waals surface area (Å²) >= 11 is 5.94. The van der Waals surface area contributed by atoms with Crippen molar-refractivity contribution in [3.05, 3.63) is 49.3 Å². The number of rotatable bonds is 4. The van der Waals surface area contributed by atoms with Crippen molar-refractivity contribution < 1.29 is 0 Å². The van der Waals surface area contributed by atoms with Gasteiger partial charge in [-0.25, -0.2) is 0 Å². The van der Waals surface area contributed by atoms with Crippen LogP contribution in [-0.4, -0.2) is 16.8 Å². The van der Waals surface area contributed by atoms with Gasteiger partial charge in [0.25, 0.3) is 0 Å². The van der Waals surface area contributed by atoms with Crippen LogP contribution in [0.5, 0.6) is 0 Å². The average Bonchev–Trinajstić information content (AvgIpc) is 2.68. The molecule has 3 nitrogen and oxygen atoms in total. The normalized spacial score (nSPS) is 12.7. The molecule has 0 aliphatic heterocycles.